The average molecular weight is 547 g/mol. The molecule has 38 heavy (non-hydrogen) atoms. The minimum absolute atomic E-state index is 0.0870. The van der Waals surface area contributed by atoms with Crippen molar-refractivity contribution in [1.29, 1.82) is 0 Å². The van der Waals surface area contributed by atoms with Crippen molar-refractivity contribution in [3.8, 4) is 0 Å². The number of nitrogens with one attached hydrogen (secondary N) is 3. The second-order valence-electron chi connectivity index (χ2n) is 10.6. The fourth-order valence-corrected chi connectivity index (χ4v) is 4.83. The topological polar surface area (TPSA) is 82.2 Å². The van der Waals surface area contributed by atoms with E-state index in [2.05, 4.69) is 30.2 Å². The Morgan fingerprint density at radius 2 is 1.63 bits per heavy atom. The summed E-state index contributed by atoms with van der Waals surface area (Å²) in [4.78, 5) is 10.8. The van der Waals surface area contributed by atoms with Crippen LogP contribution in [0, 0.1) is 24.4 Å². The van der Waals surface area contributed by atoms with Crippen LogP contribution in [0.2, 0.25) is 0 Å². The van der Waals surface area contributed by atoms with Crippen LogP contribution < -0.4 is 15.4 Å². The number of hydrogen-bond acceptors (Lipinski definition) is 6. The van der Waals surface area contributed by atoms with Gasteiger partial charge in [-0.1, -0.05) is 0 Å². The van der Waals surface area contributed by atoms with Gasteiger partial charge in [0.1, 0.15) is 34.3 Å². The standard InChI is InChI=1S/C27H33F3N6OS/c1-16-15-31-26(33-19-12-21(29)24(22(30)13-19)17-8-10-36(5)11-9-17)34-25(16)32-18-6-7-20(28)23(14-18)35-38(37)27(2,3)4/h6-7,12-15,17,35H,8-11H2,1-5H3,(H2,31,32,33,34). The van der Waals surface area contributed by atoms with Gasteiger partial charge >= 0.3 is 0 Å². The van der Waals surface area contributed by atoms with Crippen LogP contribution in [-0.4, -0.2) is 44.0 Å². The van der Waals surface area contributed by atoms with Crippen LogP contribution in [0.15, 0.2) is 36.5 Å². The van der Waals surface area contributed by atoms with Crippen LogP contribution in [-0.2, 0) is 11.0 Å². The van der Waals surface area contributed by atoms with Gasteiger partial charge in [0.25, 0.3) is 0 Å². The number of nitrogens with zero attached hydrogens (tertiary/aromatic N) is 3. The number of aromatic nitrogens is 2. The smallest absolute Gasteiger partial charge is 0.229 e. The lowest BCUT2D eigenvalue weighted by atomic mass is 9.88. The molecule has 0 saturated carbocycles. The summed E-state index contributed by atoms with van der Waals surface area (Å²) in [6.45, 7) is 8.76. The highest BCUT2D eigenvalue weighted by atomic mass is 32.2. The van der Waals surface area contributed by atoms with Gasteiger partial charge in [-0.2, -0.15) is 4.98 Å². The highest BCUT2D eigenvalue weighted by molar-refractivity contribution is 7.87. The van der Waals surface area contributed by atoms with Crippen molar-refractivity contribution in [3.05, 3.63) is 65.1 Å². The maximum Gasteiger partial charge on any atom is 0.229 e. The van der Waals surface area contributed by atoms with Crippen molar-refractivity contribution in [2.45, 2.75) is 51.2 Å². The molecule has 2 aromatic carbocycles. The number of rotatable bonds is 7. The maximum atomic E-state index is 15.0. The molecule has 11 heteroatoms. The first-order chi connectivity index (χ1) is 17.9. The van der Waals surface area contributed by atoms with E-state index in [0.29, 0.717) is 29.9 Å². The first-order valence-corrected chi connectivity index (χ1v) is 13.6. The number of anilines is 5. The Bertz CT molecular complexity index is 1320. The molecule has 0 aliphatic carbocycles. The highest BCUT2D eigenvalue weighted by Crippen LogP contribution is 2.34. The summed E-state index contributed by atoms with van der Waals surface area (Å²) in [7, 11) is 0.492. The summed E-state index contributed by atoms with van der Waals surface area (Å²) in [6.07, 6.45) is 2.98. The van der Waals surface area contributed by atoms with E-state index in [9.17, 15) is 17.4 Å². The largest absolute Gasteiger partial charge is 0.340 e. The Morgan fingerprint density at radius 3 is 2.26 bits per heavy atom. The van der Waals surface area contributed by atoms with E-state index in [-0.39, 0.29) is 28.8 Å². The molecule has 1 aliphatic rings. The van der Waals surface area contributed by atoms with Gasteiger partial charge in [0.15, 0.2) is 0 Å². The predicted octanol–water partition coefficient (Wildman–Crippen LogP) is 6.37. The highest BCUT2D eigenvalue weighted by Gasteiger charge is 2.25. The summed E-state index contributed by atoms with van der Waals surface area (Å²) in [5, 5.41) is 5.98. The van der Waals surface area contributed by atoms with Crippen molar-refractivity contribution in [2.75, 3.05) is 35.5 Å². The molecule has 1 atom stereocenters. The van der Waals surface area contributed by atoms with E-state index < -0.39 is 33.2 Å². The summed E-state index contributed by atoms with van der Waals surface area (Å²) in [5.74, 6) is -1.32. The van der Waals surface area contributed by atoms with Gasteiger partial charge in [-0.3, -0.25) is 0 Å². The molecule has 0 radical (unpaired) electrons. The van der Waals surface area contributed by atoms with E-state index in [1.165, 1.54) is 30.3 Å². The van der Waals surface area contributed by atoms with E-state index >= 15 is 0 Å². The Balaban J connectivity index is 1.52. The summed E-state index contributed by atoms with van der Waals surface area (Å²) in [5.41, 5.74) is 1.62. The van der Waals surface area contributed by atoms with Gasteiger partial charge in [0.05, 0.1) is 10.4 Å². The Labute approximate surface area is 223 Å². The molecule has 1 saturated heterocycles. The number of benzene rings is 2. The quantitative estimate of drug-likeness (QED) is 0.319. The predicted molar refractivity (Wildman–Crippen MR) is 147 cm³/mol. The summed E-state index contributed by atoms with van der Waals surface area (Å²) >= 11 is 0. The Morgan fingerprint density at radius 1 is 0.974 bits per heavy atom. The first kappa shape index (κ1) is 27.8. The van der Waals surface area contributed by atoms with Crippen molar-refractivity contribution in [2.24, 2.45) is 0 Å². The molecular formula is C27H33F3N6OS. The summed E-state index contributed by atoms with van der Waals surface area (Å²) in [6, 6.07) is 6.82. The van der Waals surface area contributed by atoms with Crippen molar-refractivity contribution in [3.63, 3.8) is 0 Å². The Hall–Kier alpha value is -3.18. The lowest BCUT2D eigenvalue weighted by molar-refractivity contribution is 0.250. The van der Waals surface area contributed by atoms with Gasteiger partial charge in [-0.25, -0.2) is 22.4 Å². The van der Waals surface area contributed by atoms with Crippen LogP contribution in [0.4, 0.5) is 42.0 Å². The SMILES string of the molecule is Cc1cnc(Nc2cc(F)c(C3CCN(C)CC3)c(F)c2)nc1Nc1ccc(F)c(NS(=O)C(C)(C)C)c1. The van der Waals surface area contributed by atoms with Crippen LogP contribution in [0.25, 0.3) is 0 Å². The van der Waals surface area contributed by atoms with E-state index in [0.717, 1.165) is 13.1 Å². The third-order valence-electron chi connectivity index (χ3n) is 6.42. The molecule has 2 heterocycles. The number of likely N-dealkylation sites (tertiary alicyclic amines) is 1. The fourth-order valence-electron chi connectivity index (χ4n) is 4.17. The molecule has 1 aromatic heterocycles. The van der Waals surface area contributed by atoms with Crippen molar-refractivity contribution in [1.82, 2.24) is 14.9 Å². The molecule has 0 bridgehead atoms. The fraction of sp³-hybridized carbons (Fsp3) is 0.407. The van der Waals surface area contributed by atoms with Crippen molar-refractivity contribution < 1.29 is 17.4 Å². The van der Waals surface area contributed by atoms with E-state index in [1.54, 1.807) is 33.9 Å². The molecule has 1 aliphatic heterocycles. The molecule has 0 spiro atoms. The summed E-state index contributed by atoms with van der Waals surface area (Å²) < 4.78 is 58.8. The molecular weight excluding hydrogens is 513 g/mol. The minimum atomic E-state index is -1.51. The van der Waals surface area contributed by atoms with Gasteiger partial charge < -0.3 is 20.3 Å². The molecule has 1 unspecified atom stereocenters. The van der Waals surface area contributed by atoms with Gasteiger partial charge in [-0.05, 0) is 96.9 Å². The third kappa shape index (κ3) is 6.63. The zero-order valence-electron chi connectivity index (χ0n) is 22.2. The number of piperidine rings is 1. The molecule has 4 rings (SSSR count). The van der Waals surface area contributed by atoms with Crippen LogP contribution in [0.1, 0.15) is 50.7 Å². The molecule has 3 aromatic rings. The zero-order chi connectivity index (χ0) is 27.6. The zero-order valence-corrected chi connectivity index (χ0v) is 23.0. The maximum absolute atomic E-state index is 15.0. The Kier molecular flexibility index (Phi) is 8.27. The normalized spacial score (nSPS) is 15.8. The van der Waals surface area contributed by atoms with Gasteiger partial charge in [0, 0.05) is 28.7 Å². The molecule has 204 valence electrons. The first-order valence-electron chi connectivity index (χ1n) is 12.4. The number of aryl methyl sites for hydroxylation is 1. The van der Waals surface area contributed by atoms with Crippen LogP contribution in [0.5, 0.6) is 0 Å². The number of halogens is 3. The molecule has 1 fully saturated rings. The van der Waals surface area contributed by atoms with Crippen LogP contribution >= 0.6 is 0 Å². The second kappa shape index (κ2) is 11.3. The molecule has 3 N–H and O–H groups in total. The van der Waals surface area contributed by atoms with E-state index in [1.807, 2.05) is 7.05 Å². The molecule has 7 nitrogen and oxygen atoms in total. The minimum Gasteiger partial charge on any atom is -0.340 e. The van der Waals surface area contributed by atoms with E-state index in [4.69, 9.17) is 0 Å². The van der Waals surface area contributed by atoms with Gasteiger partial charge in [0.2, 0.25) is 5.95 Å². The average Bonchev–Trinajstić information content (AvgIpc) is 2.83. The van der Waals surface area contributed by atoms with Crippen LogP contribution in [0.3, 0.4) is 0 Å². The lowest BCUT2D eigenvalue weighted by Crippen LogP contribution is -2.30. The van der Waals surface area contributed by atoms with Gasteiger partial charge in [-0.15, -0.1) is 0 Å². The van der Waals surface area contributed by atoms with Crippen molar-refractivity contribution >= 4 is 39.8 Å². The molecule has 0 amide bonds. The third-order valence-corrected chi connectivity index (χ3v) is 7.94. The monoisotopic (exact) mass is 546 g/mol. The number of hydrogen-bond donors (Lipinski definition) is 3. The second-order valence-corrected chi connectivity index (χ2v) is 12.6. The lowest BCUT2D eigenvalue weighted by Gasteiger charge is -2.29.